The molecule has 0 atom stereocenters. The lowest BCUT2D eigenvalue weighted by Gasteiger charge is -2.54. The summed E-state index contributed by atoms with van der Waals surface area (Å²) in [5, 5.41) is 7.83. The molecule has 0 amide bonds. The van der Waals surface area contributed by atoms with Gasteiger partial charge in [-0.3, -0.25) is 4.68 Å². The summed E-state index contributed by atoms with van der Waals surface area (Å²) in [4.78, 5) is 0. The molecule has 0 radical (unpaired) electrons. The van der Waals surface area contributed by atoms with Crippen molar-refractivity contribution in [2.45, 2.75) is 25.8 Å². The Morgan fingerprint density at radius 3 is 2.71 bits per heavy atom. The lowest BCUT2D eigenvalue weighted by atomic mass is 9.62. The molecule has 1 N–H and O–H groups in total. The van der Waals surface area contributed by atoms with Crippen molar-refractivity contribution in [3.05, 3.63) is 16.4 Å². The molecule has 3 nitrogen and oxygen atoms in total. The average Bonchev–Trinajstić information content (AvgIpc) is 2.24. The summed E-state index contributed by atoms with van der Waals surface area (Å²) in [6, 6.07) is 2.73. The molecular weight excluding hydrogens is 242 g/mol. The van der Waals surface area contributed by atoms with Gasteiger partial charge in [0.2, 0.25) is 0 Å². The molecule has 0 unspecified atom stereocenters. The van der Waals surface area contributed by atoms with Crippen LogP contribution in [0.15, 0.2) is 10.7 Å². The molecule has 1 aromatic heterocycles. The Kier molecular flexibility index (Phi) is 1.80. The number of nitrogens with one attached hydrogen (secondary N) is 1. The number of rotatable bonds is 1. The lowest BCUT2D eigenvalue weighted by molar-refractivity contribution is 0.00141. The highest BCUT2D eigenvalue weighted by molar-refractivity contribution is 9.10. The van der Waals surface area contributed by atoms with Crippen molar-refractivity contribution in [1.29, 1.82) is 0 Å². The first-order chi connectivity index (χ1) is 6.69. The van der Waals surface area contributed by atoms with Crippen LogP contribution in [0.1, 0.15) is 24.6 Å². The van der Waals surface area contributed by atoms with Gasteiger partial charge in [-0.05, 0) is 47.2 Å². The van der Waals surface area contributed by atoms with E-state index in [1.54, 1.807) is 0 Å². The Morgan fingerprint density at radius 1 is 1.57 bits per heavy atom. The van der Waals surface area contributed by atoms with Gasteiger partial charge in [0.1, 0.15) is 4.60 Å². The van der Waals surface area contributed by atoms with Crippen LogP contribution in [-0.4, -0.2) is 22.9 Å². The van der Waals surface area contributed by atoms with E-state index in [4.69, 9.17) is 0 Å². The molecule has 2 heterocycles. The summed E-state index contributed by atoms with van der Waals surface area (Å²) < 4.78 is 3.14. The largest absolute Gasteiger partial charge is 0.316 e. The standard InChI is InChI=1S/C10H14BrN3/c1-7-2-9(11)13-14(7)8-3-10(4-8)5-12-6-10/h2,8,12H,3-6H2,1H3. The number of aromatic nitrogens is 2. The molecule has 1 spiro atoms. The second-order valence-electron chi connectivity index (χ2n) is 4.72. The van der Waals surface area contributed by atoms with Gasteiger partial charge in [0, 0.05) is 18.8 Å². The number of aryl methyl sites for hydroxylation is 1. The zero-order valence-corrected chi connectivity index (χ0v) is 9.84. The molecule has 0 aromatic carbocycles. The first-order valence-electron chi connectivity index (χ1n) is 5.11. The summed E-state index contributed by atoms with van der Waals surface area (Å²) in [5.74, 6) is 0. The molecule has 1 saturated carbocycles. The van der Waals surface area contributed by atoms with Crippen LogP contribution >= 0.6 is 15.9 Å². The van der Waals surface area contributed by atoms with E-state index in [1.165, 1.54) is 31.6 Å². The van der Waals surface area contributed by atoms with Crippen LogP contribution in [0.4, 0.5) is 0 Å². The van der Waals surface area contributed by atoms with E-state index in [-0.39, 0.29) is 0 Å². The summed E-state index contributed by atoms with van der Waals surface area (Å²) >= 11 is 3.42. The highest BCUT2D eigenvalue weighted by atomic mass is 79.9. The minimum absolute atomic E-state index is 0.634. The molecule has 1 aliphatic heterocycles. The fourth-order valence-electron chi connectivity index (χ4n) is 2.70. The maximum Gasteiger partial charge on any atom is 0.128 e. The van der Waals surface area contributed by atoms with Gasteiger partial charge in [0.15, 0.2) is 0 Å². The number of hydrogen-bond donors (Lipinski definition) is 1. The van der Waals surface area contributed by atoms with Crippen molar-refractivity contribution >= 4 is 15.9 Å². The highest BCUT2D eigenvalue weighted by Crippen LogP contribution is 2.51. The second-order valence-corrected chi connectivity index (χ2v) is 5.53. The summed E-state index contributed by atoms with van der Waals surface area (Å²) in [5.41, 5.74) is 1.90. The predicted molar refractivity (Wildman–Crippen MR) is 58.2 cm³/mol. The number of hydrogen-bond acceptors (Lipinski definition) is 2. The Balaban J connectivity index is 1.76. The van der Waals surface area contributed by atoms with Gasteiger partial charge in [-0.2, -0.15) is 5.10 Å². The predicted octanol–water partition coefficient (Wildman–Crippen LogP) is 1.88. The van der Waals surface area contributed by atoms with Crippen molar-refractivity contribution in [2.24, 2.45) is 5.41 Å². The Hall–Kier alpha value is -0.350. The minimum Gasteiger partial charge on any atom is -0.316 e. The van der Waals surface area contributed by atoms with Crippen LogP contribution in [0.2, 0.25) is 0 Å². The van der Waals surface area contributed by atoms with Crippen LogP contribution in [-0.2, 0) is 0 Å². The fourth-order valence-corrected chi connectivity index (χ4v) is 3.20. The first-order valence-corrected chi connectivity index (χ1v) is 5.90. The fraction of sp³-hybridized carbons (Fsp3) is 0.700. The van der Waals surface area contributed by atoms with Crippen LogP contribution in [0.25, 0.3) is 0 Å². The maximum absolute atomic E-state index is 4.47. The quantitative estimate of drug-likeness (QED) is 0.831. The van der Waals surface area contributed by atoms with Crippen molar-refractivity contribution in [2.75, 3.05) is 13.1 Å². The van der Waals surface area contributed by atoms with E-state index in [0.29, 0.717) is 11.5 Å². The molecule has 1 aromatic rings. The van der Waals surface area contributed by atoms with E-state index < -0.39 is 0 Å². The van der Waals surface area contributed by atoms with Crippen molar-refractivity contribution in [1.82, 2.24) is 15.1 Å². The first kappa shape index (κ1) is 8.92. The van der Waals surface area contributed by atoms with Gasteiger partial charge >= 0.3 is 0 Å². The zero-order chi connectivity index (χ0) is 9.76. The van der Waals surface area contributed by atoms with Crippen LogP contribution in [0.5, 0.6) is 0 Å². The van der Waals surface area contributed by atoms with Gasteiger partial charge in [-0.25, -0.2) is 0 Å². The van der Waals surface area contributed by atoms with Gasteiger partial charge < -0.3 is 5.32 Å². The van der Waals surface area contributed by atoms with E-state index >= 15 is 0 Å². The third-order valence-corrected chi connectivity index (χ3v) is 3.96. The van der Waals surface area contributed by atoms with Gasteiger partial charge in [0.25, 0.3) is 0 Å². The second kappa shape index (κ2) is 2.83. The smallest absolute Gasteiger partial charge is 0.128 e. The Morgan fingerprint density at radius 2 is 2.29 bits per heavy atom. The van der Waals surface area contributed by atoms with Gasteiger partial charge in [0.05, 0.1) is 6.04 Å². The molecule has 3 rings (SSSR count). The molecular formula is C10H14BrN3. The molecule has 2 fully saturated rings. The van der Waals surface area contributed by atoms with Crippen LogP contribution in [0, 0.1) is 12.3 Å². The van der Waals surface area contributed by atoms with E-state index in [2.05, 4.69) is 44.0 Å². The third kappa shape index (κ3) is 1.17. The molecule has 4 heteroatoms. The highest BCUT2D eigenvalue weighted by Gasteiger charge is 2.49. The SMILES string of the molecule is Cc1cc(Br)nn1C1CC2(CNC2)C1. The lowest BCUT2D eigenvalue weighted by Crippen LogP contribution is -2.60. The molecule has 1 aliphatic carbocycles. The monoisotopic (exact) mass is 255 g/mol. The van der Waals surface area contributed by atoms with E-state index in [9.17, 15) is 0 Å². The minimum atomic E-state index is 0.634. The van der Waals surface area contributed by atoms with Crippen LogP contribution in [0.3, 0.4) is 0 Å². The van der Waals surface area contributed by atoms with Crippen molar-refractivity contribution < 1.29 is 0 Å². The van der Waals surface area contributed by atoms with Crippen molar-refractivity contribution in [3.8, 4) is 0 Å². The Bertz CT molecular complexity index is 359. The van der Waals surface area contributed by atoms with Gasteiger partial charge in [-0.15, -0.1) is 0 Å². The van der Waals surface area contributed by atoms with Crippen LogP contribution < -0.4 is 5.32 Å². The van der Waals surface area contributed by atoms with E-state index in [1.807, 2.05) is 0 Å². The third-order valence-electron chi connectivity index (χ3n) is 3.58. The zero-order valence-electron chi connectivity index (χ0n) is 8.26. The average molecular weight is 256 g/mol. The topological polar surface area (TPSA) is 29.9 Å². The van der Waals surface area contributed by atoms with E-state index in [0.717, 1.165) is 4.60 Å². The molecule has 76 valence electrons. The molecule has 1 saturated heterocycles. The number of nitrogens with zero attached hydrogens (tertiary/aromatic N) is 2. The van der Waals surface area contributed by atoms with Gasteiger partial charge in [-0.1, -0.05) is 0 Å². The summed E-state index contributed by atoms with van der Waals surface area (Å²) in [6.45, 7) is 4.55. The molecule has 2 aliphatic rings. The van der Waals surface area contributed by atoms with Crippen molar-refractivity contribution in [3.63, 3.8) is 0 Å². The molecule has 14 heavy (non-hydrogen) atoms. The summed E-state index contributed by atoms with van der Waals surface area (Å²) in [7, 11) is 0. The Labute approximate surface area is 92.0 Å². The normalized spacial score (nSPS) is 24.7. The maximum atomic E-state index is 4.47. The molecule has 0 bridgehead atoms. The summed E-state index contributed by atoms with van der Waals surface area (Å²) in [6.07, 6.45) is 2.60. The number of halogens is 1.